The van der Waals surface area contributed by atoms with Crippen LogP contribution in [0.15, 0.2) is 78.4 Å². The van der Waals surface area contributed by atoms with Gasteiger partial charge in [0.05, 0.1) is 31.4 Å². The highest BCUT2D eigenvalue weighted by Crippen LogP contribution is 2.45. The van der Waals surface area contributed by atoms with E-state index in [9.17, 15) is 14.7 Å². The lowest BCUT2D eigenvalue weighted by Gasteiger charge is -2.27. The fraction of sp³-hybridized carbons (Fsp3) is 0.241. The number of aliphatic hydroxyl groups excluding tert-OH is 1. The van der Waals surface area contributed by atoms with Crippen LogP contribution in [0.1, 0.15) is 37.9 Å². The largest absolute Gasteiger partial charge is 0.507 e. The molecule has 1 fully saturated rings. The van der Waals surface area contributed by atoms with E-state index in [1.54, 1.807) is 72.8 Å². The standard InChI is InChI=1S/C29H29NO6/c1-5-35-21-14-10-19(11-15-21)27(31)25-26(23-8-6-7-9-24(23)34-4)30(29(33)28(25)32)20-12-16-22(17-13-20)36-18(2)3/h6-18,26,31H,5H2,1-4H3/b27-25-. The summed E-state index contributed by atoms with van der Waals surface area (Å²) in [6.07, 6.45) is -0.00669. The molecule has 36 heavy (non-hydrogen) atoms. The molecule has 7 heteroatoms. The van der Waals surface area contributed by atoms with Crippen LogP contribution in [-0.2, 0) is 9.59 Å². The molecule has 1 aliphatic rings. The Hall–Kier alpha value is -4.26. The molecule has 0 spiro atoms. The number of ether oxygens (including phenoxy) is 3. The van der Waals surface area contributed by atoms with Gasteiger partial charge >= 0.3 is 0 Å². The summed E-state index contributed by atoms with van der Waals surface area (Å²) in [6, 6.07) is 19.9. The molecule has 186 valence electrons. The second kappa shape index (κ2) is 10.6. The van der Waals surface area contributed by atoms with Gasteiger partial charge in [-0.3, -0.25) is 14.5 Å². The summed E-state index contributed by atoms with van der Waals surface area (Å²) >= 11 is 0. The first-order chi connectivity index (χ1) is 17.3. The number of carbonyl (C=O) groups excluding carboxylic acids is 2. The number of aliphatic hydroxyl groups is 1. The maximum absolute atomic E-state index is 13.4. The zero-order valence-corrected chi connectivity index (χ0v) is 20.7. The van der Waals surface area contributed by atoms with Crippen LogP contribution in [-0.4, -0.2) is 36.6 Å². The SMILES string of the molecule is CCOc1ccc(/C(O)=C2/C(=O)C(=O)N(c3ccc(OC(C)C)cc3)C2c2ccccc2OC)cc1. The van der Waals surface area contributed by atoms with Crippen LogP contribution in [0.4, 0.5) is 5.69 Å². The second-order valence-electron chi connectivity index (χ2n) is 8.53. The predicted molar refractivity (Wildman–Crippen MR) is 138 cm³/mol. The van der Waals surface area contributed by atoms with Crippen molar-refractivity contribution in [1.29, 1.82) is 0 Å². The van der Waals surface area contributed by atoms with Crippen LogP contribution < -0.4 is 19.1 Å². The van der Waals surface area contributed by atoms with Gasteiger partial charge in [0.25, 0.3) is 11.7 Å². The topological polar surface area (TPSA) is 85.3 Å². The molecule has 1 N–H and O–H groups in total. The third-order valence-corrected chi connectivity index (χ3v) is 5.80. The summed E-state index contributed by atoms with van der Waals surface area (Å²) in [4.78, 5) is 28.1. The van der Waals surface area contributed by atoms with Crippen molar-refractivity contribution in [2.75, 3.05) is 18.6 Å². The molecule has 0 aromatic heterocycles. The summed E-state index contributed by atoms with van der Waals surface area (Å²) in [6.45, 7) is 6.24. The first-order valence-corrected chi connectivity index (χ1v) is 11.8. The Bertz CT molecular complexity index is 1280. The van der Waals surface area contributed by atoms with Gasteiger partial charge < -0.3 is 19.3 Å². The zero-order valence-electron chi connectivity index (χ0n) is 20.7. The molecule has 3 aromatic carbocycles. The molecule has 1 heterocycles. The fourth-order valence-electron chi connectivity index (χ4n) is 4.27. The number of Topliss-reactive ketones (excluding diaryl/α,β-unsaturated/α-hetero) is 1. The third-order valence-electron chi connectivity index (χ3n) is 5.80. The van der Waals surface area contributed by atoms with Crippen LogP contribution >= 0.6 is 0 Å². The van der Waals surface area contributed by atoms with Gasteiger partial charge in [-0.2, -0.15) is 0 Å². The van der Waals surface area contributed by atoms with Crippen LogP contribution in [0.25, 0.3) is 5.76 Å². The number of amides is 1. The number of carbonyl (C=O) groups is 2. The van der Waals surface area contributed by atoms with Crippen molar-refractivity contribution in [2.45, 2.75) is 32.9 Å². The highest BCUT2D eigenvalue weighted by Gasteiger charge is 2.47. The molecule has 1 saturated heterocycles. The minimum atomic E-state index is -0.899. The van der Waals surface area contributed by atoms with E-state index in [-0.39, 0.29) is 17.4 Å². The number of ketones is 1. The quantitative estimate of drug-likeness (QED) is 0.256. The molecule has 1 unspecified atom stereocenters. The predicted octanol–water partition coefficient (Wildman–Crippen LogP) is 5.51. The van der Waals surface area contributed by atoms with Crippen molar-refractivity contribution in [3.63, 3.8) is 0 Å². The maximum Gasteiger partial charge on any atom is 0.300 e. The number of nitrogens with zero attached hydrogens (tertiary/aromatic N) is 1. The Balaban J connectivity index is 1.87. The molecule has 0 aliphatic carbocycles. The van der Waals surface area contributed by atoms with E-state index in [1.165, 1.54) is 12.0 Å². The molecule has 7 nitrogen and oxygen atoms in total. The van der Waals surface area contributed by atoms with Gasteiger partial charge in [-0.05, 0) is 75.4 Å². The summed E-state index contributed by atoms with van der Waals surface area (Å²) in [5, 5.41) is 11.3. The van der Waals surface area contributed by atoms with Crippen LogP contribution in [0, 0.1) is 0 Å². The third kappa shape index (κ3) is 4.77. The lowest BCUT2D eigenvalue weighted by atomic mass is 9.94. The zero-order chi connectivity index (χ0) is 25.8. The van der Waals surface area contributed by atoms with E-state index in [4.69, 9.17) is 14.2 Å². The number of hydrogen-bond acceptors (Lipinski definition) is 6. The van der Waals surface area contributed by atoms with Crippen LogP contribution in [0.2, 0.25) is 0 Å². The number of rotatable bonds is 8. The molecule has 0 bridgehead atoms. The molecule has 1 amide bonds. The lowest BCUT2D eigenvalue weighted by molar-refractivity contribution is -0.132. The van der Waals surface area contributed by atoms with Crippen molar-refractivity contribution >= 4 is 23.1 Å². The molecule has 3 aromatic rings. The van der Waals surface area contributed by atoms with Gasteiger partial charge in [0, 0.05) is 16.8 Å². The van der Waals surface area contributed by atoms with Gasteiger partial charge in [-0.1, -0.05) is 18.2 Å². The van der Waals surface area contributed by atoms with E-state index >= 15 is 0 Å². The smallest absolute Gasteiger partial charge is 0.300 e. The molecule has 4 rings (SSSR count). The molecule has 1 aliphatic heterocycles. The minimum Gasteiger partial charge on any atom is -0.507 e. The average Bonchev–Trinajstić information content (AvgIpc) is 3.14. The molecular weight excluding hydrogens is 458 g/mol. The normalized spacial score (nSPS) is 16.9. The highest BCUT2D eigenvalue weighted by molar-refractivity contribution is 6.51. The monoisotopic (exact) mass is 487 g/mol. The summed E-state index contributed by atoms with van der Waals surface area (Å²) in [7, 11) is 1.52. The summed E-state index contributed by atoms with van der Waals surface area (Å²) in [5.74, 6) is -0.00918. The summed E-state index contributed by atoms with van der Waals surface area (Å²) in [5.41, 5.74) is 1.46. The minimum absolute atomic E-state index is 0.00669. The Morgan fingerprint density at radius 3 is 2.19 bits per heavy atom. The lowest BCUT2D eigenvalue weighted by Crippen LogP contribution is -2.29. The van der Waals surface area contributed by atoms with Crippen LogP contribution in [0.5, 0.6) is 17.2 Å². The first kappa shape index (κ1) is 24.9. The van der Waals surface area contributed by atoms with Crippen LogP contribution in [0.3, 0.4) is 0 Å². The van der Waals surface area contributed by atoms with Gasteiger partial charge in [-0.25, -0.2) is 0 Å². The number of hydrogen-bond donors (Lipinski definition) is 1. The van der Waals surface area contributed by atoms with Crippen molar-refractivity contribution in [3.8, 4) is 17.2 Å². The molecule has 0 radical (unpaired) electrons. The van der Waals surface area contributed by atoms with Gasteiger partial charge in [-0.15, -0.1) is 0 Å². The van der Waals surface area contributed by atoms with E-state index in [0.29, 0.717) is 40.7 Å². The van der Waals surface area contributed by atoms with E-state index < -0.39 is 17.7 Å². The maximum atomic E-state index is 13.4. The number of methoxy groups -OCH3 is 1. The van der Waals surface area contributed by atoms with Crippen molar-refractivity contribution in [3.05, 3.63) is 89.5 Å². The first-order valence-electron chi connectivity index (χ1n) is 11.8. The van der Waals surface area contributed by atoms with E-state index in [2.05, 4.69) is 0 Å². The Kier molecular flexibility index (Phi) is 7.29. The average molecular weight is 488 g/mol. The second-order valence-corrected chi connectivity index (χ2v) is 8.53. The Morgan fingerprint density at radius 1 is 0.944 bits per heavy atom. The van der Waals surface area contributed by atoms with Crippen molar-refractivity contribution in [2.24, 2.45) is 0 Å². The van der Waals surface area contributed by atoms with Crippen molar-refractivity contribution in [1.82, 2.24) is 0 Å². The molecule has 1 atom stereocenters. The number of benzene rings is 3. The molecular formula is C29H29NO6. The highest BCUT2D eigenvalue weighted by atomic mass is 16.5. The number of para-hydroxylation sites is 1. The van der Waals surface area contributed by atoms with Crippen molar-refractivity contribution < 1.29 is 28.9 Å². The Labute approximate surface area is 210 Å². The number of anilines is 1. The van der Waals surface area contributed by atoms with Gasteiger partial charge in [0.2, 0.25) is 0 Å². The molecule has 0 saturated carbocycles. The van der Waals surface area contributed by atoms with Gasteiger partial charge in [0.1, 0.15) is 23.0 Å². The fourth-order valence-corrected chi connectivity index (χ4v) is 4.27. The van der Waals surface area contributed by atoms with Gasteiger partial charge in [0.15, 0.2) is 0 Å². The summed E-state index contributed by atoms with van der Waals surface area (Å²) < 4.78 is 16.8. The Morgan fingerprint density at radius 2 is 1.58 bits per heavy atom. The van der Waals surface area contributed by atoms with E-state index in [1.807, 2.05) is 20.8 Å². The van der Waals surface area contributed by atoms with E-state index in [0.717, 1.165) is 0 Å².